The molecule has 7 heteroatoms. The molecule has 0 radical (unpaired) electrons. The fourth-order valence-electron chi connectivity index (χ4n) is 1.86. The summed E-state index contributed by atoms with van der Waals surface area (Å²) in [5.41, 5.74) is 6.94. The van der Waals surface area contributed by atoms with E-state index in [2.05, 4.69) is 10.2 Å². The minimum atomic E-state index is -2.61. The minimum absolute atomic E-state index is 0. The van der Waals surface area contributed by atoms with Gasteiger partial charge in [-0.2, -0.15) is 5.10 Å². The Hall–Kier alpha value is -1.01. The Morgan fingerprint density at radius 1 is 1.47 bits per heavy atom. The Morgan fingerprint density at radius 3 is 2.65 bits per heavy atom. The number of hydrogen-bond acceptors (Lipinski definition) is 4. The Bertz CT molecular complexity index is 400. The Kier molecular flexibility index (Phi) is 4.21. The van der Waals surface area contributed by atoms with Gasteiger partial charge in [0.15, 0.2) is 5.82 Å². The Balaban J connectivity index is 0.00000144. The van der Waals surface area contributed by atoms with Gasteiger partial charge in [0.1, 0.15) is 0 Å². The molecule has 17 heavy (non-hydrogen) atoms. The van der Waals surface area contributed by atoms with Crippen molar-refractivity contribution >= 4 is 18.2 Å². The van der Waals surface area contributed by atoms with Crippen molar-refractivity contribution in [3.8, 4) is 0 Å². The number of nitrogens with two attached hydrogens (primary N) is 1. The molecule has 0 atom stereocenters. The quantitative estimate of drug-likeness (QED) is 0.880. The van der Waals surface area contributed by atoms with Crippen LogP contribution in [0.25, 0.3) is 0 Å². The van der Waals surface area contributed by atoms with E-state index in [1.165, 1.54) is 0 Å². The van der Waals surface area contributed by atoms with E-state index >= 15 is 0 Å². The molecular weight excluding hydrogens is 250 g/mol. The molecule has 0 aliphatic carbocycles. The predicted molar refractivity (Wildman–Crippen MR) is 63.7 cm³/mol. The molecule has 1 aromatic heterocycles. The maximum atomic E-state index is 13.0. The van der Waals surface area contributed by atoms with Gasteiger partial charge in [-0.25, -0.2) is 8.78 Å². The molecule has 1 aliphatic heterocycles. The average molecular weight is 265 g/mol. The molecular formula is C10H15ClF2N4. The van der Waals surface area contributed by atoms with E-state index in [-0.39, 0.29) is 25.4 Å². The lowest BCUT2D eigenvalue weighted by Gasteiger charge is -2.18. The molecule has 1 aliphatic rings. The predicted octanol–water partition coefficient (Wildman–Crippen LogP) is 1.51. The van der Waals surface area contributed by atoms with Crippen LogP contribution in [0.1, 0.15) is 17.7 Å². The van der Waals surface area contributed by atoms with Crippen LogP contribution in [0.15, 0.2) is 6.07 Å². The largest absolute Gasteiger partial charge is 0.349 e. The van der Waals surface area contributed by atoms with Gasteiger partial charge in [-0.05, 0) is 18.6 Å². The number of aryl methyl sites for hydroxylation is 1. The summed E-state index contributed by atoms with van der Waals surface area (Å²) in [5.74, 6) is -2.07. The summed E-state index contributed by atoms with van der Waals surface area (Å²) in [7, 11) is 0. The number of aromatic nitrogens is 2. The van der Waals surface area contributed by atoms with E-state index in [4.69, 9.17) is 5.73 Å². The maximum Gasteiger partial charge on any atom is 0.266 e. The fourth-order valence-corrected chi connectivity index (χ4v) is 1.86. The summed E-state index contributed by atoms with van der Waals surface area (Å²) in [4.78, 5) is 1.57. The molecule has 2 heterocycles. The van der Waals surface area contributed by atoms with Crippen molar-refractivity contribution in [1.82, 2.24) is 10.2 Å². The van der Waals surface area contributed by atoms with Gasteiger partial charge >= 0.3 is 0 Å². The number of rotatable bonds is 2. The molecule has 2 rings (SSSR count). The maximum absolute atomic E-state index is 13.0. The second-order valence-electron chi connectivity index (χ2n) is 4.07. The number of hydrogen-bond donors (Lipinski definition) is 1. The summed E-state index contributed by atoms with van der Waals surface area (Å²) in [6, 6.07) is 1.79. The van der Waals surface area contributed by atoms with Crippen LogP contribution in [0.5, 0.6) is 0 Å². The number of nitrogens with zero attached hydrogens (tertiary/aromatic N) is 3. The van der Waals surface area contributed by atoms with Crippen molar-refractivity contribution in [1.29, 1.82) is 0 Å². The number of anilines is 1. The highest BCUT2D eigenvalue weighted by Crippen LogP contribution is 2.30. The SMILES string of the molecule is Cc1cc(CN)nnc1N1CCC(F)(F)C1.Cl. The van der Waals surface area contributed by atoms with E-state index < -0.39 is 5.92 Å². The third kappa shape index (κ3) is 3.01. The standard InChI is InChI=1S/C10H14F2N4.ClH/c1-7-4-8(5-13)14-15-9(7)16-3-2-10(11,12)6-16;/h4H,2-3,5-6,13H2,1H3;1H. The minimum Gasteiger partial charge on any atom is -0.349 e. The molecule has 1 fully saturated rings. The highest BCUT2D eigenvalue weighted by atomic mass is 35.5. The lowest BCUT2D eigenvalue weighted by atomic mass is 10.2. The lowest BCUT2D eigenvalue weighted by Crippen LogP contribution is -2.26. The van der Waals surface area contributed by atoms with Crippen molar-refractivity contribution in [2.75, 3.05) is 18.0 Å². The molecule has 0 amide bonds. The summed E-state index contributed by atoms with van der Waals surface area (Å²) in [6.45, 7) is 2.19. The van der Waals surface area contributed by atoms with Crippen molar-refractivity contribution in [3.63, 3.8) is 0 Å². The first-order valence-electron chi connectivity index (χ1n) is 5.18. The van der Waals surface area contributed by atoms with E-state index in [1.807, 2.05) is 6.92 Å². The van der Waals surface area contributed by atoms with Crippen LogP contribution in [0.2, 0.25) is 0 Å². The van der Waals surface area contributed by atoms with E-state index in [1.54, 1.807) is 11.0 Å². The first-order chi connectivity index (χ1) is 7.52. The summed E-state index contributed by atoms with van der Waals surface area (Å²) < 4.78 is 26.1. The van der Waals surface area contributed by atoms with Gasteiger partial charge in [-0.15, -0.1) is 17.5 Å². The normalized spacial score (nSPS) is 18.0. The first kappa shape index (κ1) is 14.1. The summed E-state index contributed by atoms with van der Waals surface area (Å²) in [6.07, 6.45) is -0.118. The second-order valence-corrected chi connectivity index (χ2v) is 4.07. The van der Waals surface area contributed by atoms with Gasteiger partial charge in [0.05, 0.1) is 12.2 Å². The molecule has 0 spiro atoms. The van der Waals surface area contributed by atoms with Crippen molar-refractivity contribution in [2.45, 2.75) is 25.8 Å². The zero-order chi connectivity index (χ0) is 11.8. The third-order valence-corrected chi connectivity index (χ3v) is 2.69. The fraction of sp³-hybridized carbons (Fsp3) is 0.600. The summed E-state index contributed by atoms with van der Waals surface area (Å²) in [5, 5.41) is 7.85. The average Bonchev–Trinajstić information content (AvgIpc) is 2.58. The molecule has 2 N–H and O–H groups in total. The van der Waals surface area contributed by atoms with Crippen LogP contribution < -0.4 is 10.6 Å². The summed E-state index contributed by atoms with van der Waals surface area (Å²) >= 11 is 0. The van der Waals surface area contributed by atoms with Crippen LogP contribution in [0.4, 0.5) is 14.6 Å². The smallest absolute Gasteiger partial charge is 0.266 e. The van der Waals surface area contributed by atoms with Crippen molar-refractivity contribution in [2.24, 2.45) is 5.73 Å². The van der Waals surface area contributed by atoms with E-state index in [0.717, 1.165) is 5.56 Å². The van der Waals surface area contributed by atoms with E-state index in [9.17, 15) is 8.78 Å². The van der Waals surface area contributed by atoms with Crippen molar-refractivity contribution in [3.05, 3.63) is 17.3 Å². The first-order valence-corrected chi connectivity index (χ1v) is 5.18. The van der Waals surface area contributed by atoms with Crippen LogP contribution in [0, 0.1) is 6.92 Å². The molecule has 1 saturated heterocycles. The number of alkyl halides is 2. The molecule has 4 nitrogen and oxygen atoms in total. The van der Waals surface area contributed by atoms with Gasteiger partial charge in [-0.1, -0.05) is 0 Å². The van der Waals surface area contributed by atoms with Crippen molar-refractivity contribution < 1.29 is 8.78 Å². The van der Waals surface area contributed by atoms with Crippen LogP contribution in [-0.2, 0) is 6.54 Å². The highest BCUT2D eigenvalue weighted by Gasteiger charge is 2.39. The highest BCUT2D eigenvalue weighted by molar-refractivity contribution is 5.85. The topological polar surface area (TPSA) is 55.0 Å². The molecule has 0 unspecified atom stereocenters. The number of halogens is 3. The van der Waals surface area contributed by atoms with Crippen LogP contribution in [0.3, 0.4) is 0 Å². The van der Waals surface area contributed by atoms with Crippen LogP contribution in [-0.4, -0.2) is 29.2 Å². The molecule has 1 aromatic rings. The third-order valence-electron chi connectivity index (χ3n) is 2.69. The molecule has 96 valence electrons. The van der Waals surface area contributed by atoms with Gasteiger partial charge in [0, 0.05) is 19.5 Å². The van der Waals surface area contributed by atoms with Gasteiger partial charge in [0.2, 0.25) is 0 Å². The zero-order valence-corrected chi connectivity index (χ0v) is 10.3. The molecule has 0 bridgehead atoms. The Morgan fingerprint density at radius 2 is 2.18 bits per heavy atom. The lowest BCUT2D eigenvalue weighted by molar-refractivity contribution is 0.0256. The zero-order valence-electron chi connectivity index (χ0n) is 9.49. The van der Waals surface area contributed by atoms with E-state index in [0.29, 0.717) is 24.6 Å². The van der Waals surface area contributed by atoms with Crippen LogP contribution >= 0.6 is 12.4 Å². The van der Waals surface area contributed by atoms with Gasteiger partial charge in [0.25, 0.3) is 5.92 Å². The Labute approximate surface area is 105 Å². The van der Waals surface area contributed by atoms with Gasteiger partial charge in [-0.3, -0.25) is 0 Å². The molecule has 0 saturated carbocycles. The second kappa shape index (κ2) is 5.10. The van der Waals surface area contributed by atoms with Gasteiger partial charge < -0.3 is 10.6 Å². The monoisotopic (exact) mass is 264 g/mol. The molecule has 0 aromatic carbocycles.